The van der Waals surface area contributed by atoms with Crippen molar-refractivity contribution in [1.82, 2.24) is 10.2 Å². The predicted molar refractivity (Wildman–Crippen MR) is 66.4 cm³/mol. The first-order valence-corrected chi connectivity index (χ1v) is 6.14. The molecule has 1 N–H and O–H groups in total. The molecule has 0 saturated carbocycles. The summed E-state index contributed by atoms with van der Waals surface area (Å²) in [6.45, 7) is 6.62. The van der Waals surface area contributed by atoms with E-state index < -0.39 is 11.7 Å². The number of ether oxygens (including phenoxy) is 2. The summed E-state index contributed by atoms with van der Waals surface area (Å²) in [5.74, 6) is 0. The molecule has 1 atom stereocenters. The lowest BCUT2D eigenvalue weighted by Gasteiger charge is -2.34. The smallest absolute Gasteiger partial charge is 0.410 e. The van der Waals surface area contributed by atoms with Crippen molar-refractivity contribution >= 4 is 12.2 Å². The highest BCUT2D eigenvalue weighted by molar-refractivity contribution is 5.69. The van der Waals surface area contributed by atoms with Crippen molar-refractivity contribution in [2.24, 2.45) is 0 Å². The highest BCUT2D eigenvalue weighted by Gasteiger charge is 2.28. The second-order valence-electron chi connectivity index (χ2n) is 5.40. The van der Waals surface area contributed by atoms with Crippen LogP contribution in [0.15, 0.2) is 0 Å². The van der Waals surface area contributed by atoms with Crippen LogP contribution in [-0.2, 0) is 9.47 Å². The Balaban J connectivity index is 2.48. The quantitative estimate of drug-likeness (QED) is 0.778. The van der Waals surface area contributed by atoms with Crippen LogP contribution in [0.1, 0.15) is 33.6 Å². The van der Waals surface area contributed by atoms with Gasteiger partial charge in [0.15, 0.2) is 0 Å². The number of piperidine rings is 1. The van der Waals surface area contributed by atoms with E-state index in [2.05, 4.69) is 10.1 Å². The van der Waals surface area contributed by atoms with Gasteiger partial charge in [0.2, 0.25) is 0 Å². The Kier molecular flexibility index (Phi) is 4.81. The standard InChI is InChI=1S/C12H22N2O4/c1-12(2,3)18-11(16)14-7-5-6-9(8-14)13-10(15)17-4/h9H,5-8H2,1-4H3,(H,13,15). The molecule has 0 spiro atoms. The number of nitrogens with one attached hydrogen (secondary N) is 1. The molecular weight excluding hydrogens is 236 g/mol. The Labute approximate surface area is 108 Å². The third-order valence-corrected chi connectivity index (χ3v) is 2.58. The molecule has 1 aliphatic heterocycles. The van der Waals surface area contributed by atoms with Gasteiger partial charge in [-0.3, -0.25) is 0 Å². The summed E-state index contributed by atoms with van der Waals surface area (Å²) in [5.41, 5.74) is -0.500. The molecule has 1 saturated heterocycles. The number of carbonyl (C=O) groups is 2. The fourth-order valence-electron chi connectivity index (χ4n) is 1.81. The van der Waals surface area contributed by atoms with Gasteiger partial charge in [0.05, 0.1) is 7.11 Å². The Morgan fingerprint density at radius 1 is 1.33 bits per heavy atom. The van der Waals surface area contributed by atoms with Crippen molar-refractivity contribution < 1.29 is 19.1 Å². The minimum absolute atomic E-state index is 0.0706. The molecule has 0 radical (unpaired) electrons. The summed E-state index contributed by atoms with van der Waals surface area (Å²) in [5, 5.41) is 2.71. The zero-order valence-electron chi connectivity index (χ0n) is 11.5. The third-order valence-electron chi connectivity index (χ3n) is 2.58. The first-order valence-electron chi connectivity index (χ1n) is 6.14. The third kappa shape index (κ3) is 4.81. The van der Waals surface area contributed by atoms with Gasteiger partial charge in [0, 0.05) is 19.1 Å². The molecule has 6 heteroatoms. The lowest BCUT2D eigenvalue weighted by molar-refractivity contribution is 0.0186. The van der Waals surface area contributed by atoms with Crippen LogP contribution in [-0.4, -0.2) is 48.9 Å². The minimum Gasteiger partial charge on any atom is -0.453 e. The number of amides is 2. The molecule has 0 aromatic carbocycles. The largest absolute Gasteiger partial charge is 0.453 e. The maximum Gasteiger partial charge on any atom is 0.410 e. The molecule has 104 valence electrons. The second kappa shape index (κ2) is 5.93. The van der Waals surface area contributed by atoms with E-state index in [0.717, 1.165) is 12.8 Å². The second-order valence-corrected chi connectivity index (χ2v) is 5.40. The number of likely N-dealkylation sites (tertiary alicyclic amines) is 1. The summed E-state index contributed by atoms with van der Waals surface area (Å²) in [4.78, 5) is 24.6. The zero-order chi connectivity index (χ0) is 13.8. The summed E-state index contributed by atoms with van der Waals surface area (Å²) in [6, 6.07) is -0.0706. The number of nitrogens with zero attached hydrogens (tertiary/aromatic N) is 1. The van der Waals surface area contributed by atoms with Gasteiger partial charge in [-0.05, 0) is 33.6 Å². The van der Waals surface area contributed by atoms with Gasteiger partial charge in [-0.25, -0.2) is 9.59 Å². The number of alkyl carbamates (subject to hydrolysis) is 1. The molecule has 0 aliphatic carbocycles. The van der Waals surface area contributed by atoms with Crippen molar-refractivity contribution in [3.05, 3.63) is 0 Å². The molecule has 1 unspecified atom stereocenters. The highest BCUT2D eigenvalue weighted by atomic mass is 16.6. The van der Waals surface area contributed by atoms with E-state index >= 15 is 0 Å². The van der Waals surface area contributed by atoms with E-state index in [9.17, 15) is 9.59 Å². The van der Waals surface area contributed by atoms with Crippen molar-refractivity contribution in [2.75, 3.05) is 20.2 Å². The number of methoxy groups -OCH3 is 1. The fraction of sp³-hybridized carbons (Fsp3) is 0.833. The van der Waals surface area contributed by atoms with Gasteiger partial charge >= 0.3 is 12.2 Å². The lowest BCUT2D eigenvalue weighted by atomic mass is 10.1. The SMILES string of the molecule is COC(=O)NC1CCCN(C(=O)OC(C)(C)C)C1. The van der Waals surface area contributed by atoms with Crippen molar-refractivity contribution in [3.8, 4) is 0 Å². The number of hydrogen-bond donors (Lipinski definition) is 1. The summed E-state index contributed by atoms with van der Waals surface area (Å²) in [6.07, 6.45) is 0.882. The normalized spacial score (nSPS) is 20.2. The molecule has 1 heterocycles. The van der Waals surface area contributed by atoms with Gasteiger partial charge in [0.25, 0.3) is 0 Å². The van der Waals surface area contributed by atoms with Gasteiger partial charge in [0.1, 0.15) is 5.60 Å². The Morgan fingerprint density at radius 3 is 2.56 bits per heavy atom. The monoisotopic (exact) mass is 258 g/mol. The number of hydrogen-bond acceptors (Lipinski definition) is 4. The van der Waals surface area contributed by atoms with Gasteiger partial charge in [-0.2, -0.15) is 0 Å². The van der Waals surface area contributed by atoms with Gasteiger partial charge in [-0.15, -0.1) is 0 Å². The van der Waals surface area contributed by atoms with E-state index in [1.165, 1.54) is 7.11 Å². The molecule has 1 aliphatic rings. The first-order chi connectivity index (χ1) is 8.31. The van der Waals surface area contributed by atoms with E-state index in [0.29, 0.717) is 13.1 Å². The van der Waals surface area contributed by atoms with E-state index in [4.69, 9.17) is 4.74 Å². The topological polar surface area (TPSA) is 67.9 Å². The molecule has 0 aromatic heterocycles. The van der Waals surface area contributed by atoms with Crippen molar-refractivity contribution in [2.45, 2.75) is 45.3 Å². The average molecular weight is 258 g/mol. The van der Waals surface area contributed by atoms with Crippen LogP contribution in [0.2, 0.25) is 0 Å². The maximum absolute atomic E-state index is 11.9. The van der Waals surface area contributed by atoms with Crippen molar-refractivity contribution in [1.29, 1.82) is 0 Å². The van der Waals surface area contributed by atoms with Gasteiger partial charge in [-0.1, -0.05) is 0 Å². The summed E-state index contributed by atoms with van der Waals surface area (Å²) in [7, 11) is 1.32. The predicted octanol–water partition coefficient (Wildman–Crippen LogP) is 1.74. The average Bonchev–Trinajstić information content (AvgIpc) is 2.27. The van der Waals surface area contributed by atoms with E-state index in [-0.39, 0.29) is 12.1 Å². The summed E-state index contributed by atoms with van der Waals surface area (Å²) < 4.78 is 9.84. The van der Waals surface area contributed by atoms with Crippen molar-refractivity contribution in [3.63, 3.8) is 0 Å². The molecule has 2 amide bonds. The molecule has 1 rings (SSSR count). The molecule has 18 heavy (non-hydrogen) atoms. The van der Waals surface area contributed by atoms with Crippen LogP contribution in [0.5, 0.6) is 0 Å². The van der Waals surface area contributed by atoms with Crippen LogP contribution >= 0.6 is 0 Å². The molecular formula is C12H22N2O4. The van der Waals surface area contributed by atoms with E-state index in [1.807, 2.05) is 20.8 Å². The number of rotatable bonds is 1. The zero-order valence-corrected chi connectivity index (χ0v) is 11.5. The number of carbonyl (C=O) groups excluding carboxylic acids is 2. The molecule has 1 fully saturated rings. The Bertz CT molecular complexity index is 312. The molecule has 0 bridgehead atoms. The Hall–Kier alpha value is -1.46. The van der Waals surface area contributed by atoms with Crippen LogP contribution in [0.4, 0.5) is 9.59 Å². The first kappa shape index (κ1) is 14.6. The molecule has 0 aromatic rings. The molecule has 6 nitrogen and oxygen atoms in total. The minimum atomic E-state index is -0.500. The van der Waals surface area contributed by atoms with Crippen LogP contribution in [0, 0.1) is 0 Å². The fourth-order valence-corrected chi connectivity index (χ4v) is 1.81. The van der Waals surface area contributed by atoms with Crippen LogP contribution < -0.4 is 5.32 Å². The van der Waals surface area contributed by atoms with Gasteiger partial charge < -0.3 is 19.7 Å². The Morgan fingerprint density at radius 2 is 2.00 bits per heavy atom. The highest BCUT2D eigenvalue weighted by Crippen LogP contribution is 2.15. The van der Waals surface area contributed by atoms with Crippen LogP contribution in [0.25, 0.3) is 0 Å². The maximum atomic E-state index is 11.9. The lowest BCUT2D eigenvalue weighted by Crippen LogP contribution is -2.50. The van der Waals surface area contributed by atoms with Crippen LogP contribution in [0.3, 0.4) is 0 Å². The summed E-state index contributed by atoms with van der Waals surface area (Å²) >= 11 is 0. The van der Waals surface area contributed by atoms with E-state index in [1.54, 1.807) is 4.90 Å².